The Hall–Kier alpha value is -2.95. The zero-order valence-electron chi connectivity index (χ0n) is 15.3. The number of nitrogens with zero attached hydrogens (tertiary/aromatic N) is 3. The minimum absolute atomic E-state index is 0.0517. The Morgan fingerprint density at radius 2 is 1.88 bits per heavy atom. The Morgan fingerprint density at radius 3 is 2.58 bits per heavy atom. The van der Waals surface area contributed by atoms with E-state index in [0.717, 1.165) is 22.9 Å². The van der Waals surface area contributed by atoms with Crippen LogP contribution in [-0.2, 0) is 6.54 Å². The largest absolute Gasteiger partial charge is 0.493 e. The Morgan fingerprint density at radius 1 is 1.15 bits per heavy atom. The number of amides is 1. The van der Waals surface area contributed by atoms with Crippen molar-refractivity contribution in [2.24, 2.45) is 16.1 Å². The van der Waals surface area contributed by atoms with Crippen LogP contribution in [0.15, 0.2) is 58.8 Å². The molecule has 0 atom stereocenters. The van der Waals surface area contributed by atoms with Gasteiger partial charge >= 0.3 is 0 Å². The molecule has 134 valence electrons. The number of aromatic hydroxyl groups is 1. The van der Waals surface area contributed by atoms with Gasteiger partial charge in [-0.1, -0.05) is 43.7 Å². The molecular formula is C21H23N3O2. The van der Waals surface area contributed by atoms with Gasteiger partial charge in [-0.2, -0.15) is 0 Å². The first kappa shape index (κ1) is 17.9. The minimum atomic E-state index is -0.430. The Bertz CT molecular complexity index is 956. The predicted octanol–water partition coefficient (Wildman–Crippen LogP) is 5.63. The third-order valence-electron chi connectivity index (χ3n) is 4.36. The number of aromatic nitrogens is 1. The van der Waals surface area contributed by atoms with Crippen LogP contribution in [0.3, 0.4) is 0 Å². The molecule has 2 aromatic carbocycles. The Kier molecular flexibility index (Phi) is 5.16. The highest BCUT2D eigenvalue weighted by Crippen LogP contribution is 2.39. The molecular weight excluding hydrogens is 326 g/mol. The summed E-state index contributed by atoms with van der Waals surface area (Å²) in [4.78, 5) is 12.2. The SMILES string of the molecule is Cc1ccc2c(c1)c(N=NC(=O)c1ccccc1)c(O)n2CCC(C)C. The second-order valence-corrected chi connectivity index (χ2v) is 6.90. The number of hydrogen-bond donors (Lipinski definition) is 1. The first-order chi connectivity index (χ1) is 12.5. The highest BCUT2D eigenvalue weighted by atomic mass is 16.3. The van der Waals surface area contributed by atoms with Crippen molar-refractivity contribution in [1.82, 2.24) is 4.57 Å². The summed E-state index contributed by atoms with van der Waals surface area (Å²) >= 11 is 0. The maximum absolute atomic E-state index is 12.2. The number of azo groups is 1. The Balaban J connectivity index is 2.02. The van der Waals surface area contributed by atoms with E-state index in [1.807, 2.05) is 35.8 Å². The monoisotopic (exact) mass is 349 g/mol. The van der Waals surface area contributed by atoms with Crippen molar-refractivity contribution >= 4 is 22.5 Å². The molecule has 0 aliphatic carbocycles. The molecule has 5 heteroatoms. The molecule has 0 aliphatic heterocycles. The van der Waals surface area contributed by atoms with Crippen molar-refractivity contribution in [2.75, 3.05) is 0 Å². The average molecular weight is 349 g/mol. The van der Waals surface area contributed by atoms with Crippen molar-refractivity contribution in [3.8, 4) is 5.88 Å². The van der Waals surface area contributed by atoms with E-state index < -0.39 is 5.91 Å². The molecule has 26 heavy (non-hydrogen) atoms. The molecule has 1 heterocycles. The van der Waals surface area contributed by atoms with Crippen molar-refractivity contribution in [3.05, 3.63) is 59.7 Å². The molecule has 0 spiro atoms. The van der Waals surface area contributed by atoms with Crippen LogP contribution in [0, 0.1) is 12.8 Å². The van der Waals surface area contributed by atoms with Gasteiger partial charge in [0.25, 0.3) is 5.91 Å². The maximum atomic E-state index is 12.2. The van der Waals surface area contributed by atoms with Crippen LogP contribution in [0.5, 0.6) is 5.88 Å². The molecule has 5 nitrogen and oxygen atoms in total. The number of carbonyl (C=O) groups is 1. The van der Waals surface area contributed by atoms with E-state index in [1.54, 1.807) is 24.3 Å². The zero-order chi connectivity index (χ0) is 18.7. The summed E-state index contributed by atoms with van der Waals surface area (Å²) < 4.78 is 1.84. The van der Waals surface area contributed by atoms with E-state index in [9.17, 15) is 9.90 Å². The molecule has 1 amide bonds. The van der Waals surface area contributed by atoms with Gasteiger partial charge in [-0.3, -0.25) is 4.79 Å². The van der Waals surface area contributed by atoms with Gasteiger partial charge in [0.15, 0.2) is 5.69 Å². The smallest absolute Gasteiger partial charge is 0.295 e. The fraction of sp³-hybridized carbons (Fsp3) is 0.286. The van der Waals surface area contributed by atoms with E-state index >= 15 is 0 Å². The highest BCUT2D eigenvalue weighted by Gasteiger charge is 2.17. The molecule has 0 saturated heterocycles. The van der Waals surface area contributed by atoms with Crippen molar-refractivity contribution in [1.29, 1.82) is 0 Å². The van der Waals surface area contributed by atoms with Gasteiger partial charge in [-0.25, -0.2) is 0 Å². The maximum Gasteiger partial charge on any atom is 0.295 e. The highest BCUT2D eigenvalue weighted by molar-refractivity contribution is 5.97. The molecule has 1 N–H and O–H groups in total. The summed E-state index contributed by atoms with van der Waals surface area (Å²) in [5, 5.41) is 19.4. The van der Waals surface area contributed by atoms with Crippen LogP contribution in [0.1, 0.15) is 36.2 Å². The number of benzene rings is 2. The van der Waals surface area contributed by atoms with E-state index in [1.165, 1.54) is 0 Å². The quantitative estimate of drug-likeness (QED) is 0.607. The van der Waals surface area contributed by atoms with Crippen LogP contribution < -0.4 is 0 Å². The summed E-state index contributed by atoms with van der Waals surface area (Å²) in [5.74, 6) is 0.138. The van der Waals surface area contributed by atoms with Crippen LogP contribution in [0.25, 0.3) is 10.9 Å². The first-order valence-electron chi connectivity index (χ1n) is 8.80. The average Bonchev–Trinajstić information content (AvgIpc) is 2.89. The molecule has 1 aromatic heterocycles. The van der Waals surface area contributed by atoms with E-state index in [2.05, 4.69) is 24.1 Å². The van der Waals surface area contributed by atoms with Crippen molar-refractivity contribution < 1.29 is 9.90 Å². The summed E-state index contributed by atoms with van der Waals surface area (Å²) in [6.07, 6.45) is 0.935. The van der Waals surface area contributed by atoms with Gasteiger partial charge in [-0.15, -0.1) is 10.2 Å². The van der Waals surface area contributed by atoms with Gasteiger partial charge in [-0.05, 0) is 43.5 Å². The first-order valence-corrected chi connectivity index (χ1v) is 8.80. The number of carbonyl (C=O) groups excluding carboxylic acids is 1. The van der Waals surface area contributed by atoms with Gasteiger partial charge in [0.2, 0.25) is 5.88 Å². The lowest BCUT2D eigenvalue weighted by Gasteiger charge is -2.09. The Labute approximate surface area is 153 Å². The zero-order valence-corrected chi connectivity index (χ0v) is 15.3. The molecule has 0 aliphatic rings. The van der Waals surface area contributed by atoms with Gasteiger partial charge in [0.05, 0.1) is 5.52 Å². The third-order valence-corrected chi connectivity index (χ3v) is 4.36. The molecule has 3 aromatic rings. The lowest BCUT2D eigenvalue weighted by Crippen LogP contribution is -2.00. The summed E-state index contributed by atoms with van der Waals surface area (Å²) in [7, 11) is 0. The number of aryl methyl sites for hydroxylation is 2. The second-order valence-electron chi connectivity index (χ2n) is 6.90. The van der Waals surface area contributed by atoms with Crippen LogP contribution >= 0.6 is 0 Å². The standard InChI is InChI=1S/C21H23N3O2/c1-14(2)11-12-24-18-10-9-15(3)13-17(18)19(21(24)26)22-23-20(25)16-7-5-4-6-8-16/h4-10,13-14,26H,11-12H2,1-3H3. The predicted molar refractivity (Wildman–Crippen MR) is 103 cm³/mol. The van der Waals surface area contributed by atoms with Gasteiger partial charge in [0, 0.05) is 17.5 Å². The van der Waals surface area contributed by atoms with E-state index in [0.29, 0.717) is 23.7 Å². The normalized spacial score (nSPS) is 11.7. The van der Waals surface area contributed by atoms with Crippen molar-refractivity contribution in [2.45, 2.75) is 33.7 Å². The van der Waals surface area contributed by atoms with Crippen LogP contribution in [0.4, 0.5) is 5.69 Å². The molecule has 0 bridgehead atoms. The second kappa shape index (κ2) is 7.52. The molecule has 0 unspecified atom stereocenters. The van der Waals surface area contributed by atoms with Gasteiger partial charge < -0.3 is 9.67 Å². The summed E-state index contributed by atoms with van der Waals surface area (Å²) in [5.41, 5.74) is 2.77. The third kappa shape index (κ3) is 3.67. The van der Waals surface area contributed by atoms with E-state index in [4.69, 9.17) is 0 Å². The number of hydrogen-bond acceptors (Lipinski definition) is 3. The lowest BCUT2D eigenvalue weighted by molar-refractivity contribution is 0.0995. The fourth-order valence-electron chi connectivity index (χ4n) is 2.88. The van der Waals surface area contributed by atoms with Crippen LogP contribution in [-0.4, -0.2) is 15.6 Å². The number of rotatable bonds is 5. The number of fused-ring (bicyclic) bond motifs is 1. The molecule has 3 rings (SSSR count). The fourth-order valence-corrected chi connectivity index (χ4v) is 2.88. The minimum Gasteiger partial charge on any atom is -0.493 e. The lowest BCUT2D eigenvalue weighted by atomic mass is 10.1. The summed E-state index contributed by atoms with van der Waals surface area (Å²) in [6.45, 7) is 6.96. The molecule has 0 fully saturated rings. The van der Waals surface area contributed by atoms with Gasteiger partial charge in [0.1, 0.15) is 0 Å². The molecule has 0 saturated carbocycles. The van der Waals surface area contributed by atoms with Crippen LogP contribution in [0.2, 0.25) is 0 Å². The molecule has 0 radical (unpaired) electrons. The summed E-state index contributed by atoms with van der Waals surface area (Å²) in [6, 6.07) is 14.7. The topological polar surface area (TPSA) is 66.9 Å². The van der Waals surface area contributed by atoms with E-state index in [-0.39, 0.29) is 5.88 Å². The van der Waals surface area contributed by atoms with Crippen molar-refractivity contribution in [3.63, 3.8) is 0 Å².